The molecule has 1 aromatic carbocycles. The van der Waals surface area contributed by atoms with E-state index in [1.54, 1.807) is 39.2 Å². The number of carbonyl (C=O) groups excluding carboxylic acids is 1. The molecule has 0 aromatic heterocycles. The number of amides is 1. The molecule has 0 saturated carbocycles. The second-order valence-corrected chi connectivity index (χ2v) is 3.75. The molecule has 0 N–H and O–H groups in total. The van der Waals surface area contributed by atoms with E-state index in [9.17, 15) is 4.79 Å². The summed E-state index contributed by atoms with van der Waals surface area (Å²) in [5, 5.41) is 0. The van der Waals surface area contributed by atoms with Gasteiger partial charge in [0.1, 0.15) is 6.61 Å². The fraction of sp³-hybridized carbons (Fsp3) is 0.357. The Hall–Kier alpha value is -2.15. The van der Waals surface area contributed by atoms with Crippen molar-refractivity contribution in [3.05, 3.63) is 23.8 Å². The molecule has 0 bridgehead atoms. The van der Waals surface area contributed by atoms with Crippen molar-refractivity contribution < 1.29 is 14.3 Å². The van der Waals surface area contributed by atoms with Crippen LogP contribution in [0, 0.1) is 11.8 Å². The van der Waals surface area contributed by atoms with Crippen LogP contribution in [0.5, 0.6) is 11.5 Å². The van der Waals surface area contributed by atoms with Gasteiger partial charge in [0.25, 0.3) is 5.91 Å². The van der Waals surface area contributed by atoms with Crippen LogP contribution in [0.3, 0.4) is 0 Å². The summed E-state index contributed by atoms with van der Waals surface area (Å²) in [7, 11) is 4.92. The molecule has 0 saturated heterocycles. The van der Waals surface area contributed by atoms with Crippen LogP contribution in [0.25, 0.3) is 0 Å². The van der Waals surface area contributed by atoms with Crippen molar-refractivity contribution in [1.82, 2.24) is 4.90 Å². The van der Waals surface area contributed by atoms with Gasteiger partial charge in [0.05, 0.1) is 12.7 Å². The zero-order chi connectivity index (χ0) is 13.5. The summed E-state index contributed by atoms with van der Waals surface area (Å²) in [6.07, 6.45) is 0. The number of rotatable bonds is 4. The molecule has 1 rings (SSSR count). The number of hydrogen-bond acceptors (Lipinski definition) is 3. The summed E-state index contributed by atoms with van der Waals surface area (Å²) in [6, 6.07) is 5.22. The molecule has 0 fully saturated rings. The smallest absolute Gasteiger partial charge is 0.257 e. The van der Waals surface area contributed by atoms with Crippen LogP contribution in [-0.4, -0.2) is 38.6 Å². The largest absolute Gasteiger partial charge is 0.493 e. The van der Waals surface area contributed by atoms with Crippen molar-refractivity contribution >= 4 is 5.91 Å². The van der Waals surface area contributed by atoms with E-state index in [0.29, 0.717) is 17.1 Å². The van der Waals surface area contributed by atoms with Crippen LogP contribution >= 0.6 is 0 Å². The molecule has 18 heavy (non-hydrogen) atoms. The van der Waals surface area contributed by atoms with E-state index < -0.39 is 0 Å². The Labute approximate surface area is 107 Å². The van der Waals surface area contributed by atoms with Crippen molar-refractivity contribution in [3.8, 4) is 23.3 Å². The highest BCUT2D eigenvalue weighted by Crippen LogP contribution is 2.31. The third-order valence-electron chi connectivity index (χ3n) is 2.30. The molecule has 0 atom stereocenters. The van der Waals surface area contributed by atoms with Gasteiger partial charge in [-0.2, -0.15) is 0 Å². The number of ether oxygens (including phenoxy) is 2. The van der Waals surface area contributed by atoms with Crippen LogP contribution in [0.15, 0.2) is 18.2 Å². The second-order valence-electron chi connectivity index (χ2n) is 3.75. The lowest BCUT2D eigenvalue weighted by atomic mass is 10.1. The van der Waals surface area contributed by atoms with Gasteiger partial charge < -0.3 is 14.4 Å². The quantitative estimate of drug-likeness (QED) is 0.761. The maximum absolute atomic E-state index is 12.0. The van der Waals surface area contributed by atoms with Crippen LogP contribution in [0.1, 0.15) is 17.3 Å². The van der Waals surface area contributed by atoms with E-state index in [-0.39, 0.29) is 12.5 Å². The zero-order valence-electron chi connectivity index (χ0n) is 11.1. The lowest BCUT2D eigenvalue weighted by Crippen LogP contribution is -2.22. The van der Waals surface area contributed by atoms with Gasteiger partial charge in [-0.05, 0) is 19.1 Å². The SMILES string of the molecule is CC#CCOc1c(OC)cccc1C(=O)N(C)C. The summed E-state index contributed by atoms with van der Waals surface area (Å²) in [6.45, 7) is 1.96. The average Bonchev–Trinajstić information content (AvgIpc) is 2.38. The minimum atomic E-state index is -0.131. The standard InChI is InChI=1S/C14H17NO3/c1-5-6-10-18-13-11(14(16)15(2)3)8-7-9-12(13)17-4/h7-9H,10H2,1-4H3. The number of methoxy groups -OCH3 is 1. The Morgan fingerprint density at radius 2 is 2.11 bits per heavy atom. The maximum atomic E-state index is 12.0. The molecule has 0 radical (unpaired) electrons. The van der Waals surface area contributed by atoms with Crippen LogP contribution < -0.4 is 9.47 Å². The van der Waals surface area contributed by atoms with Crippen molar-refractivity contribution in [1.29, 1.82) is 0 Å². The summed E-state index contributed by atoms with van der Waals surface area (Å²) in [5.41, 5.74) is 0.470. The molecular formula is C14H17NO3. The highest BCUT2D eigenvalue weighted by Gasteiger charge is 2.18. The lowest BCUT2D eigenvalue weighted by Gasteiger charge is -2.16. The lowest BCUT2D eigenvalue weighted by molar-refractivity contribution is 0.0823. The highest BCUT2D eigenvalue weighted by atomic mass is 16.5. The van der Waals surface area contributed by atoms with Gasteiger partial charge in [0, 0.05) is 14.1 Å². The molecule has 1 aromatic rings. The van der Waals surface area contributed by atoms with Crippen LogP contribution in [-0.2, 0) is 0 Å². The third-order valence-corrected chi connectivity index (χ3v) is 2.30. The van der Waals surface area contributed by atoms with Crippen LogP contribution in [0.2, 0.25) is 0 Å². The minimum Gasteiger partial charge on any atom is -0.493 e. The normalized spacial score (nSPS) is 9.11. The van der Waals surface area contributed by atoms with Gasteiger partial charge in [0.2, 0.25) is 0 Å². The van der Waals surface area contributed by atoms with Gasteiger partial charge in [-0.3, -0.25) is 4.79 Å². The van der Waals surface area contributed by atoms with E-state index in [4.69, 9.17) is 9.47 Å². The van der Waals surface area contributed by atoms with Gasteiger partial charge in [0.15, 0.2) is 11.5 Å². The third kappa shape index (κ3) is 3.17. The fourth-order valence-corrected chi connectivity index (χ4v) is 1.42. The summed E-state index contributed by atoms with van der Waals surface area (Å²) in [5.74, 6) is 6.36. The first kappa shape index (κ1) is 13.9. The van der Waals surface area contributed by atoms with E-state index in [1.165, 1.54) is 12.0 Å². The number of carbonyl (C=O) groups is 1. The van der Waals surface area contributed by atoms with Crippen molar-refractivity contribution in [2.45, 2.75) is 6.92 Å². The molecule has 96 valence electrons. The summed E-state index contributed by atoms with van der Waals surface area (Å²) >= 11 is 0. The van der Waals surface area contributed by atoms with Crippen molar-refractivity contribution in [2.24, 2.45) is 0 Å². The molecule has 0 aliphatic heterocycles. The molecule has 0 unspecified atom stereocenters. The molecule has 4 nitrogen and oxygen atoms in total. The first-order chi connectivity index (χ1) is 8.61. The Bertz CT molecular complexity index is 484. The van der Waals surface area contributed by atoms with Crippen molar-refractivity contribution in [3.63, 3.8) is 0 Å². The Balaban J connectivity index is 3.14. The molecular weight excluding hydrogens is 230 g/mol. The summed E-state index contributed by atoms with van der Waals surface area (Å²) in [4.78, 5) is 13.5. The molecule has 1 amide bonds. The Morgan fingerprint density at radius 1 is 1.39 bits per heavy atom. The molecule has 0 heterocycles. The monoisotopic (exact) mass is 247 g/mol. The molecule has 0 aliphatic carbocycles. The van der Waals surface area contributed by atoms with E-state index in [1.807, 2.05) is 0 Å². The predicted octanol–water partition coefficient (Wildman–Crippen LogP) is 1.80. The molecule has 0 spiro atoms. The summed E-state index contributed by atoms with van der Waals surface area (Å²) < 4.78 is 10.7. The second kappa shape index (κ2) is 6.55. The fourth-order valence-electron chi connectivity index (χ4n) is 1.42. The maximum Gasteiger partial charge on any atom is 0.257 e. The first-order valence-corrected chi connectivity index (χ1v) is 5.52. The van der Waals surface area contributed by atoms with Crippen LogP contribution in [0.4, 0.5) is 0 Å². The zero-order valence-corrected chi connectivity index (χ0v) is 11.1. The predicted molar refractivity (Wildman–Crippen MR) is 70.0 cm³/mol. The number of hydrogen-bond donors (Lipinski definition) is 0. The van der Waals surface area contributed by atoms with E-state index in [2.05, 4.69) is 11.8 Å². The molecule has 4 heteroatoms. The van der Waals surface area contributed by atoms with Gasteiger partial charge in [-0.25, -0.2) is 0 Å². The number of nitrogens with zero attached hydrogens (tertiary/aromatic N) is 1. The number of benzene rings is 1. The van der Waals surface area contributed by atoms with E-state index in [0.717, 1.165) is 0 Å². The average molecular weight is 247 g/mol. The molecule has 0 aliphatic rings. The number of para-hydroxylation sites is 1. The van der Waals surface area contributed by atoms with E-state index >= 15 is 0 Å². The van der Waals surface area contributed by atoms with Gasteiger partial charge in [-0.15, -0.1) is 5.92 Å². The Kier molecular flexibility index (Phi) is 5.06. The topological polar surface area (TPSA) is 38.8 Å². The first-order valence-electron chi connectivity index (χ1n) is 5.52. The highest BCUT2D eigenvalue weighted by molar-refractivity contribution is 5.97. The van der Waals surface area contributed by atoms with Gasteiger partial charge >= 0.3 is 0 Å². The Morgan fingerprint density at radius 3 is 2.67 bits per heavy atom. The van der Waals surface area contributed by atoms with Crippen molar-refractivity contribution in [2.75, 3.05) is 27.8 Å². The van der Waals surface area contributed by atoms with Gasteiger partial charge in [-0.1, -0.05) is 12.0 Å². The minimum absolute atomic E-state index is 0.131.